The second kappa shape index (κ2) is 7.74. The fraction of sp³-hybridized carbons (Fsp3) is 0.200. The lowest BCUT2D eigenvalue weighted by atomic mass is 10.2. The SMILES string of the molecule is CCn1c(=O)cc(OCC(=O)Nc2ccc(Br)cc2C)c2ccccc21. The van der Waals surface area contributed by atoms with Gasteiger partial charge in [0.05, 0.1) is 5.52 Å². The Labute approximate surface area is 159 Å². The molecule has 0 bridgehead atoms. The number of para-hydroxylation sites is 1. The molecule has 1 amide bonds. The van der Waals surface area contributed by atoms with Crippen molar-refractivity contribution in [2.45, 2.75) is 20.4 Å². The molecule has 3 rings (SSSR count). The van der Waals surface area contributed by atoms with E-state index in [1.165, 1.54) is 6.07 Å². The highest BCUT2D eigenvalue weighted by molar-refractivity contribution is 9.10. The molecule has 6 heteroatoms. The summed E-state index contributed by atoms with van der Waals surface area (Å²) in [6, 6.07) is 14.6. The van der Waals surface area contributed by atoms with E-state index in [9.17, 15) is 9.59 Å². The Kier molecular flexibility index (Phi) is 5.42. The summed E-state index contributed by atoms with van der Waals surface area (Å²) in [5.74, 6) is 0.136. The van der Waals surface area contributed by atoms with Crippen LogP contribution in [0.2, 0.25) is 0 Å². The van der Waals surface area contributed by atoms with Crippen molar-refractivity contribution in [3.05, 3.63) is 68.9 Å². The smallest absolute Gasteiger partial charge is 0.262 e. The molecule has 0 saturated heterocycles. The summed E-state index contributed by atoms with van der Waals surface area (Å²) < 4.78 is 8.29. The normalized spacial score (nSPS) is 10.7. The van der Waals surface area contributed by atoms with Gasteiger partial charge in [0.15, 0.2) is 6.61 Å². The summed E-state index contributed by atoms with van der Waals surface area (Å²) in [5.41, 5.74) is 2.32. The van der Waals surface area contributed by atoms with Crippen LogP contribution in [0.5, 0.6) is 5.75 Å². The molecule has 0 aliphatic carbocycles. The number of rotatable bonds is 5. The van der Waals surface area contributed by atoms with Gasteiger partial charge >= 0.3 is 0 Å². The van der Waals surface area contributed by atoms with Crippen LogP contribution in [-0.4, -0.2) is 17.1 Å². The second-order valence-electron chi connectivity index (χ2n) is 5.90. The number of hydrogen-bond acceptors (Lipinski definition) is 3. The van der Waals surface area contributed by atoms with Crippen LogP contribution in [-0.2, 0) is 11.3 Å². The van der Waals surface area contributed by atoms with E-state index in [4.69, 9.17) is 4.74 Å². The molecule has 1 aromatic heterocycles. The summed E-state index contributed by atoms with van der Waals surface area (Å²) in [7, 11) is 0. The lowest BCUT2D eigenvalue weighted by Crippen LogP contribution is -2.23. The Hall–Kier alpha value is -2.60. The first-order chi connectivity index (χ1) is 12.5. The maximum Gasteiger partial charge on any atom is 0.262 e. The first-order valence-electron chi connectivity index (χ1n) is 8.31. The van der Waals surface area contributed by atoms with E-state index >= 15 is 0 Å². The van der Waals surface area contributed by atoms with Gasteiger partial charge in [-0.1, -0.05) is 28.1 Å². The van der Waals surface area contributed by atoms with Crippen LogP contribution in [0, 0.1) is 6.92 Å². The minimum atomic E-state index is -0.279. The lowest BCUT2D eigenvalue weighted by Gasteiger charge is -2.13. The molecule has 0 unspecified atom stereocenters. The second-order valence-corrected chi connectivity index (χ2v) is 6.82. The van der Waals surface area contributed by atoms with E-state index in [1.54, 1.807) is 4.57 Å². The number of nitrogens with one attached hydrogen (secondary N) is 1. The van der Waals surface area contributed by atoms with Gasteiger partial charge in [0.25, 0.3) is 11.5 Å². The van der Waals surface area contributed by atoms with Gasteiger partial charge in [-0.15, -0.1) is 0 Å². The van der Waals surface area contributed by atoms with Crippen LogP contribution in [0.25, 0.3) is 10.9 Å². The number of hydrogen-bond donors (Lipinski definition) is 1. The molecule has 0 spiro atoms. The van der Waals surface area contributed by atoms with Crippen LogP contribution < -0.4 is 15.6 Å². The Morgan fingerprint density at radius 3 is 2.69 bits per heavy atom. The molecule has 26 heavy (non-hydrogen) atoms. The molecule has 134 valence electrons. The minimum absolute atomic E-state index is 0.148. The first kappa shape index (κ1) is 18.2. The molecule has 0 saturated carbocycles. The number of pyridine rings is 1. The van der Waals surface area contributed by atoms with Crippen molar-refractivity contribution in [3.63, 3.8) is 0 Å². The van der Waals surface area contributed by atoms with Crippen molar-refractivity contribution in [2.75, 3.05) is 11.9 Å². The van der Waals surface area contributed by atoms with E-state index in [0.29, 0.717) is 12.3 Å². The van der Waals surface area contributed by atoms with Gasteiger partial charge in [0.2, 0.25) is 0 Å². The number of ether oxygens (including phenoxy) is 1. The van der Waals surface area contributed by atoms with Gasteiger partial charge in [0, 0.05) is 28.2 Å². The average Bonchev–Trinajstić information content (AvgIpc) is 2.62. The summed E-state index contributed by atoms with van der Waals surface area (Å²) in [5, 5.41) is 3.63. The van der Waals surface area contributed by atoms with Crippen molar-refractivity contribution in [1.82, 2.24) is 4.57 Å². The number of fused-ring (bicyclic) bond motifs is 1. The number of halogens is 1. The highest BCUT2D eigenvalue weighted by Crippen LogP contribution is 2.24. The Morgan fingerprint density at radius 2 is 1.96 bits per heavy atom. The number of anilines is 1. The number of carbonyl (C=O) groups is 1. The Morgan fingerprint density at radius 1 is 1.19 bits per heavy atom. The van der Waals surface area contributed by atoms with Crippen LogP contribution in [0.3, 0.4) is 0 Å². The predicted octanol–water partition coefficient (Wildman–Crippen LogP) is 4.11. The number of aryl methyl sites for hydroxylation is 2. The van der Waals surface area contributed by atoms with Gasteiger partial charge in [-0.05, 0) is 49.7 Å². The highest BCUT2D eigenvalue weighted by atomic mass is 79.9. The Bertz CT molecular complexity index is 1030. The number of aromatic nitrogens is 1. The number of carbonyl (C=O) groups excluding carboxylic acids is 1. The number of benzene rings is 2. The third-order valence-electron chi connectivity index (χ3n) is 4.12. The van der Waals surface area contributed by atoms with Gasteiger partial charge in [0.1, 0.15) is 5.75 Å². The first-order valence-corrected chi connectivity index (χ1v) is 9.10. The fourth-order valence-corrected chi connectivity index (χ4v) is 3.32. The van der Waals surface area contributed by atoms with Crippen molar-refractivity contribution in [1.29, 1.82) is 0 Å². The summed E-state index contributed by atoms with van der Waals surface area (Å²) >= 11 is 3.40. The van der Waals surface area contributed by atoms with E-state index in [1.807, 2.05) is 56.3 Å². The quantitative estimate of drug-likeness (QED) is 0.683. The van der Waals surface area contributed by atoms with Crippen molar-refractivity contribution in [2.24, 2.45) is 0 Å². The summed E-state index contributed by atoms with van der Waals surface area (Å²) in [6.07, 6.45) is 0. The summed E-state index contributed by atoms with van der Waals surface area (Å²) in [6.45, 7) is 4.24. The maximum absolute atomic E-state index is 12.3. The van der Waals surface area contributed by atoms with E-state index in [0.717, 1.165) is 26.6 Å². The Balaban J connectivity index is 1.79. The zero-order chi connectivity index (χ0) is 18.7. The molecule has 0 aliphatic rings. The molecule has 0 aliphatic heterocycles. The van der Waals surface area contributed by atoms with Gasteiger partial charge in [-0.2, -0.15) is 0 Å². The zero-order valence-corrected chi connectivity index (χ0v) is 16.2. The van der Waals surface area contributed by atoms with Crippen LogP contribution in [0.15, 0.2) is 57.8 Å². The molecule has 3 aromatic rings. The van der Waals surface area contributed by atoms with Crippen LogP contribution in [0.4, 0.5) is 5.69 Å². The molecule has 0 fully saturated rings. The maximum atomic E-state index is 12.3. The monoisotopic (exact) mass is 414 g/mol. The van der Waals surface area contributed by atoms with Gasteiger partial charge in [-0.25, -0.2) is 0 Å². The van der Waals surface area contributed by atoms with Crippen LogP contribution >= 0.6 is 15.9 Å². The minimum Gasteiger partial charge on any atom is -0.483 e. The molecule has 0 atom stereocenters. The van der Waals surface area contributed by atoms with Gasteiger partial charge < -0.3 is 14.6 Å². The van der Waals surface area contributed by atoms with Gasteiger partial charge in [-0.3, -0.25) is 9.59 Å². The third kappa shape index (κ3) is 3.80. The third-order valence-corrected chi connectivity index (χ3v) is 4.61. The fourth-order valence-electron chi connectivity index (χ4n) is 2.85. The van der Waals surface area contributed by atoms with E-state index in [-0.39, 0.29) is 18.1 Å². The highest BCUT2D eigenvalue weighted by Gasteiger charge is 2.11. The number of nitrogens with zero attached hydrogens (tertiary/aromatic N) is 1. The molecule has 2 aromatic carbocycles. The van der Waals surface area contributed by atoms with Crippen molar-refractivity contribution in [3.8, 4) is 5.75 Å². The predicted molar refractivity (Wildman–Crippen MR) is 107 cm³/mol. The molecule has 0 radical (unpaired) electrons. The van der Waals surface area contributed by atoms with Crippen molar-refractivity contribution < 1.29 is 9.53 Å². The van der Waals surface area contributed by atoms with E-state index in [2.05, 4.69) is 21.2 Å². The molecule has 5 nitrogen and oxygen atoms in total. The molecular formula is C20H19BrN2O3. The summed E-state index contributed by atoms with van der Waals surface area (Å²) in [4.78, 5) is 24.5. The van der Waals surface area contributed by atoms with Crippen molar-refractivity contribution >= 4 is 38.4 Å². The molecule has 1 heterocycles. The standard InChI is InChI=1S/C20H19BrN2O3/c1-3-23-17-7-5-4-6-15(17)18(11-20(23)25)26-12-19(24)22-16-9-8-14(21)10-13(16)2/h4-11H,3,12H2,1-2H3,(H,22,24). The van der Waals surface area contributed by atoms with E-state index < -0.39 is 0 Å². The number of amides is 1. The van der Waals surface area contributed by atoms with Crippen LogP contribution in [0.1, 0.15) is 12.5 Å². The zero-order valence-electron chi connectivity index (χ0n) is 14.6. The lowest BCUT2D eigenvalue weighted by molar-refractivity contribution is -0.118. The largest absolute Gasteiger partial charge is 0.483 e. The molecular weight excluding hydrogens is 396 g/mol. The molecule has 1 N–H and O–H groups in total. The topological polar surface area (TPSA) is 60.3 Å². The average molecular weight is 415 g/mol.